The number of hydrogen-bond donors (Lipinski definition) is 1. The predicted molar refractivity (Wildman–Crippen MR) is 77.1 cm³/mol. The molecule has 18 heavy (non-hydrogen) atoms. The number of halogens is 2. The summed E-state index contributed by atoms with van der Waals surface area (Å²) in [5, 5.41) is 3.72. The molecule has 0 saturated carbocycles. The van der Waals surface area contributed by atoms with E-state index in [1.54, 1.807) is 12.1 Å². The highest BCUT2D eigenvalue weighted by Gasteiger charge is 2.28. The molecule has 1 aromatic rings. The molecule has 0 spiro atoms. The highest BCUT2D eigenvalue weighted by molar-refractivity contribution is 9.10. The Hall–Kier alpha value is -0.580. The lowest BCUT2D eigenvalue weighted by molar-refractivity contribution is 0.0737. The molecule has 1 atom stereocenters. The average molecular weight is 332 g/mol. The van der Waals surface area contributed by atoms with Gasteiger partial charge in [-0.3, -0.25) is 4.79 Å². The van der Waals surface area contributed by atoms with Gasteiger partial charge in [-0.05, 0) is 38.1 Å². The SMILES string of the molecule is CNCC1CCCN1C(=O)c1cc(Cl)cc(Br)c1. The normalized spacial score (nSPS) is 19.3. The first kappa shape index (κ1) is 13.8. The molecule has 1 N–H and O–H groups in total. The van der Waals surface area contributed by atoms with E-state index in [-0.39, 0.29) is 5.91 Å². The maximum Gasteiger partial charge on any atom is 0.254 e. The molecule has 1 amide bonds. The van der Waals surface area contributed by atoms with Gasteiger partial charge >= 0.3 is 0 Å². The number of amides is 1. The fraction of sp³-hybridized carbons (Fsp3) is 0.462. The van der Waals surface area contributed by atoms with Crippen LogP contribution >= 0.6 is 27.5 Å². The highest BCUT2D eigenvalue weighted by atomic mass is 79.9. The van der Waals surface area contributed by atoms with Crippen molar-refractivity contribution in [3.63, 3.8) is 0 Å². The lowest BCUT2D eigenvalue weighted by Gasteiger charge is -2.24. The Bertz CT molecular complexity index is 432. The second-order valence-electron chi connectivity index (χ2n) is 4.51. The molecule has 2 rings (SSSR count). The molecule has 0 aromatic heterocycles. The van der Waals surface area contributed by atoms with Crippen molar-refractivity contribution in [1.82, 2.24) is 10.2 Å². The second-order valence-corrected chi connectivity index (χ2v) is 5.86. The minimum atomic E-state index is 0.0657. The Kier molecular flexibility index (Phi) is 4.65. The molecule has 0 radical (unpaired) electrons. The number of carbonyl (C=O) groups is 1. The van der Waals surface area contributed by atoms with Gasteiger partial charge in [0.15, 0.2) is 0 Å². The lowest BCUT2D eigenvalue weighted by Crippen LogP contribution is -2.40. The zero-order chi connectivity index (χ0) is 13.1. The van der Waals surface area contributed by atoms with Gasteiger partial charge in [0.25, 0.3) is 5.91 Å². The van der Waals surface area contributed by atoms with Gasteiger partial charge in [-0.1, -0.05) is 27.5 Å². The van der Waals surface area contributed by atoms with Crippen LogP contribution in [0.15, 0.2) is 22.7 Å². The summed E-state index contributed by atoms with van der Waals surface area (Å²) in [6.45, 7) is 1.67. The maximum absolute atomic E-state index is 12.5. The van der Waals surface area contributed by atoms with Crippen molar-refractivity contribution in [1.29, 1.82) is 0 Å². The molecule has 98 valence electrons. The number of nitrogens with one attached hydrogen (secondary N) is 1. The van der Waals surface area contributed by atoms with E-state index in [9.17, 15) is 4.79 Å². The number of benzene rings is 1. The van der Waals surface area contributed by atoms with Crippen molar-refractivity contribution in [2.45, 2.75) is 18.9 Å². The molecule has 1 unspecified atom stereocenters. The summed E-state index contributed by atoms with van der Waals surface area (Å²) in [4.78, 5) is 14.4. The number of likely N-dealkylation sites (N-methyl/N-ethyl adjacent to an activating group) is 1. The number of likely N-dealkylation sites (tertiary alicyclic amines) is 1. The van der Waals surface area contributed by atoms with Gasteiger partial charge in [-0.25, -0.2) is 0 Å². The minimum absolute atomic E-state index is 0.0657. The lowest BCUT2D eigenvalue weighted by atomic mass is 10.1. The summed E-state index contributed by atoms with van der Waals surface area (Å²) >= 11 is 9.35. The second kappa shape index (κ2) is 6.04. The molecule has 0 aliphatic carbocycles. The topological polar surface area (TPSA) is 32.3 Å². The fourth-order valence-electron chi connectivity index (χ4n) is 2.39. The monoisotopic (exact) mass is 330 g/mol. The van der Waals surface area contributed by atoms with Crippen molar-refractivity contribution in [2.24, 2.45) is 0 Å². The van der Waals surface area contributed by atoms with Crippen LogP contribution < -0.4 is 5.32 Å². The third kappa shape index (κ3) is 3.05. The molecule has 1 aromatic carbocycles. The van der Waals surface area contributed by atoms with Crippen LogP contribution in [0, 0.1) is 0 Å². The van der Waals surface area contributed by atoms with E-state index >= 15 is 0 Å². The van der Waals surface area contributed by atoms with Crippen LogP contribution in [0.2, 0.25) is 5.02 Å². The van der Waals surface area contributed by atoms with Gasteiger partial charge in [0.2, 0.25) is 0 Å². The van der Waals surface area contributed by atoms with Crippen LogP contribution in [0.1, 0.15) is 23.2 Å². The molecular weight excluding hydrogens is 316 g/mol. The van der Waals surface area contributed by atoms with Crippen molar-refractivity contribution >= 4 is 33.4 Å². The van der Waals surface area contributed by atoms with Gasteiger partial charge in [0.05, 0.1) is 0 Å². The van der Waals surface area contributed by atoms with Crippen molar-refractivity contribution in [2.75, 3.05) is 20.1 Å². The van der Waals surface area contributed by atoms with Gasteiger partial charge < -0.3 is 10.2 Å². The van der Waals surface area contributed by atoms with Gasteiger partial charge in [-0.2, -0.15) is 0 Å². The van der Waals surface area contributed by atoms with Crippen LogP contribution in [0.4, 0.5) is 0 Å². The fourth-order valence-corrected chi connectivity index (χ4v) is 3.25. The summed E-state index contributed by atoms with van der Waals surface area (Å²) in [6.07, 6.45) is 2.13. The van der Waals surface area contributed by atoms with E-state index < -0.39 is 0 Å². The third-order valence-corrected chi connectivity index (χ3v) is 3.86. The first-order chi connectivity index (χ1) is 8.61. The molecule has 3 nitrogen and oxygen atoms in total. The van der Waals surface area contributed by atoms with Gasteiger partial charge in [-0.15, -0.1) is 0 Å². The predicted octanol–water partition coefficient (Wildman–Crippen LogP) is 2.93. The Balaban J connectivity index is 2.19. The Labute approximate surface area is 121 Å². The van der Waals surface area contributed by atoms with E-state index in [1.807, 2.05) is 18.0 Å². The largest absolute Gasteiger partial charge is 0.334 e. The van der Waals surface area contributed by atoms with Gasteiger partial charge in [0, 0.05) is 34.2 Å². The summed E-state index contributed by atoms with van der Waals surface area (Å²) in [5.74, 6) is 0.0657. The quantitative estimate of drug-likeness (QED) is 0.923. The molecule has 1 fully saturated rings. The van der Waals surface area contributed by atoms with E-state index in [0.717, 1.165) is 30.4 Å². The Morgan fingerprint density at radius 2 is 2.33 bits per heavy atom. The standard InChI is InChI=1S/C13H16BrClN2O/c1-16-8-12-3-2-4-17(12)13(18)9-5-10(14)7-11(15)6-9/h5-7,12,16H,2-4,8H2,1H3. The number of nitrogens with zero attached hydrogens (tertiary/aromatic N) is 1. The van der Waals surface area contributed by atoms with Gasteiger partial charge in [0.1, 0.15) is 0 Å². The molecule has 0 bridgehead atoms. The summed E-state index contributed by atoms with van der Waals surface area (Å²) in [5.41, 5.74) is 0.650. The first-order valence-electron chi connectivity index (χ1n) is 6.03. The molecule has 1 aliphatic heterocycles. The van der Waals surface area contributed by atoms with Crippen LogP contribution in [0.25, 0.3) is 0 Å². The van der Waals surface area contributed by atoms with Crippen LogP contribution in [0.3, 0.4) is 0 Å². The molecular formula is C13H16BrClN2O. The van der Waals surface area contributed by atoms with E-state index in [2.05, 4.69) is 21.2 Å². The molecule has 1 heterocycles. The third-order valence-electron chi connectivity index (χ3n) is 3.19. The average Bonchev–Trinajstić information content (AvgIpc) is 2.75. The van der Waals surface area contributed by atoms with Crippen LogP contribution in [-0.2, 0) is 0 Å². The maximum atomic E-state index is 12.5. The molecule has 5 heteroatoms. The summed E-state index contributed by atoms with van der Waals surface area (Å²) in [6, 6.07) is 5.63. The summed E-state index contributed by atoms with van der Waals surface area (Å²) < 4.78 is 0.836. The number of rotatable bonds is 3. The summed E-state index contributed by atoms with van der Waals surface area (Å²) in [7, 11) is 1.91. The van der Waals surface area contributed by atoms with Crippen molar-refractivity contribution in [3.8, 4) is 0 Å². The first-order valence-corrected chi connectivity index (χ1v) is 7.20. The minimum Gasteiger partial charge on any atom is -0.334 e. The Morgan fingerprint density at radius 1 is 1.56 bits per heavy atom. The van der Waals surface area contributed by atoms with Crippen LogP contribution in [0.5, 0.6) is 0 Å². The number of carbonyl (C=O) groups excluding carboxylic acids is 1. The zero-order valence-electron chi connectivity index (χ0n) is 10.2. The van der Waals surface area contributed by atoms with Crippen molar-refractivity contribution < 1.29 is 4.79 Å². The smallest absolute Gasteiger partial charge is 0.254 e. The van der Waals surface area contributed by atoms with E-state index in [4.69, 9.17) is 11.6 Å². The zero-order valence-corrected chi connectivity index (χ0v) is 12.6. The molecule has 1 aliphatic rings. The molecule has 1 saturated heterocycles. The highest BCUT2D eigenvalue weighted by Crippen LogP contribution is 2.24. The van der Waals surface area contributed by atoms with E-state index in [1.165, 1.54) is 0 Å². The van der Waals surface area contributed by atoms with Crippen LogP contribution in [-0.4, -0.2) is 37.0 Å². The van der Waals surface area contributed by atoms with Crippen molar-refractivity contribution in [3.05, 3.63) is 33.3 Å². The Morgan fingerprint density at radius 3 is 3.00 bits per heavy atom. The number of hydrogen-bond acceptors (Lipinski definition) is 2. The van der Waals surface area contributed by atoms with E-state index in [0.29, 0.717) is 16.6 Å².